The SMILES string of the molecule is COc1ccc(Cl)cc1C(=O)NNC(=O)C[C@H]1C=CCC1. The number of rotatable bonds is 4. The van der Waals surface area contributed by atoms with Crippen LogP contribution in [0.3, 0.4) is 0 Å². The van der Waals surface area contributed by atoms with Crippen LogP contribution >= 0.6 is 11.6 Å². The zero-order valence-electron chi connectivity index (χ0n) is 11.7. The maximum absolute atomic E-state index is 12.0. The van der Waals surface area contributed by atoms with Gasteiger partial charge in [-0.3, -0.25) is 20.4 Å². The number of allylic oxidation sites excluding steroid dienone is 2. The number of amides is 2. The summed E-state index contributed by atoms with van der Waals surface area (Å²) in [7, 11) is 1.46. The van der Waals surface area contributed by atoms with Gasteiger partial charge in [-0.2, -0.15) is 0 Å². The van der Waals surface area contributed by atoms with Gasteiger partial charge in [0.2, 0.25) is 5.91 Å². The van der Waals surface area contributed by atoms with Crippen LogP contribution in [0.25, 0.3) is 0 Å². The minimum absolute atomic E-state index is 0.221. The number of methoxy groups -OCH3 is 1. The smallest absolute Gasteiger partial charge is 0.273 e. The van der Waals surface area contributed by atoms with Crippen molar-refractivity contribution in [1.29, 1.82) is 0 Å². The van der Waals surface area contributed by atoms with Crippen molar-refractivity contribution < 1.29 is 14.3 Å². The molecule has 5 nitrogen and oxygen atoms in total. The molecule has 2 rings (SSSR count). The number of nitrogens with one attached hydrogen (secondary N) is 2. The Morgan fingerprint density at radius 2 is 2.19 bits per heavy atom. The van der Waals surface area contributed by atoms with E-state index in [0.717, 1.165) is 12.8 Å². The van der Waals surface area contributed by atoms with E-state index < -0.39 is 5.91 Å². The van der Waals surface area contributed by atoms with Crippen LogP contribution in [0.2, 0.25) is 5.02 Å². The highest BCUT2D eigenvalue weighted by Crippen LogP contribution is 2.22. The normalized spacial score (nSPS) is 16.6. The second-order valence-corrected chi connectivity index (χ2v) is 5.25. The molecule has 6 heteroatoms. The van der Waals surface area contributed by atoms with Gasteiger partial charge in [0.05, 0.1) is 12.7 Å². The van der Waals surface area contributed by atoms with Crippen LogP contribution in [0.1, 0.15) is 29.6 Å². The van der Waals surface area contributed by atoms with Gasteiger partial charge in [0, 0.05) is 11.4 Å². The molecule has 2 amide bonds. The highest BCUT2D eigenvalue weighted by atomic mass is 35.5. The first-order valence-corrected chi connectivity index (χ1v) is 7.07. The van der Waals surface area contributed by atoms with Crippen molar-refractivity contribution in [1.82, 2.24) is 10.9 Å². The van der Waals surface area contributed by atoms with Crippen molar-refractivity contribution in [3.8, 4) is 5.75 Å². The van der Waals surface area contributed by atoms with E-state index in [0.29, 0.717) is 17.2 Å². The van der Waals surface area contributed by atoms with Crippen molar-refractivity contribution in [3.63, 3.8) is 0 Å². The summed E-state index contributed by atoms with van der Waals surface area (Å²) in [5.74, 6) is -0.0435. The van der Waals surface area contributed by atoms with Crippen LogP contribution in [-0.2, 0) is 4.79 Å². The summed E-state index contributed by atoms with van der Waals surface area (Å²) in [4.78, 5) is 23.8. The van der Waals surface area contributed by atoms with Crippen LogP contribution in [0, 0.1) is 5.92 Å². The molecule has 0 saturated heterocycles. The zero-order valence-corrected chi connectivity index (χ0v) is 12.4. The largest absolute Gasteiger partial charge is 0.496 e. The maximum atomic E-state index is 12.0. The average molecular weight is 309 g/mol. The van der Waals surface area contributed by atoms with Gasteiger partial charge in [0.1, 0.15) is 5.75 Å². The van der Waals surface area contributed by atoms with Crippen LogP contribution < -0.4 is 15.6 Å². The number of hydrazine groups is 1. The second kappa shape index (κ2) is 7.13. The van der Waals surface area contributed by atoms with Crippen molar-refractivity contribution >= 4 is 23.4 Å². The minimum Gasteiger partial charge on any atom is -0.496 e. The molecule has 0 aromatic heterocycles. The predicted molar refractivity (Wildman–Crippen MR) is 80.1 cm³/mol. The van der Waals surface area contributed by atoms with E-state index >= 15 is 0 Å². The molecule has 0 spiro atoms. The minimum atomic E-state index is -0.468. The number of ether oxygens (including phenoxy) is 1. The van der Waals surface area contributed by atoms with Crippen LogP contribution in [0.15, 0.2) is 30.4 Å². The molecular weight excluding hydrogens is 292 g/mol. The van der Waals surface area contributed by atoms with Crippen LogP contribution in [0.5, 0.6) is 5.75 Å². The van der Waals surface area contributed by atoms with Gasteiger partial charge in [0.15, 0.2) is 0 Å². The van der Waals surface area contributed by atoms with Crippen molar-refractivity contribution in [2.45, 2.75) is 19.3 Å². The van der Waals surface area contributed by atoms with Crippen LogP contribution in [-0.4, -0.2) is 18.9 Å². The fourth-order valence-corrected chi connectivity index (χ4v) is 2.38. The molecule has 2 N–H and O–H groups in total. The lowest BCUT2D eigenvalue weighted by Gasteiger charge is -2.12. The number of hydrogen-bond acceptors (Lipinski definition) is 3. The van der Waals surface area contributed by atoms with Gasteiger partial charge in [-0.05, 0) is 37.0 Å². The molecule has 21 heavy (non-hydrogen) atoms. The molecular formula is C15H17ClN2O3. The molecule has 1 atom stereocenters. The lowest BCUT2D eigenvalue weighted by Crippen LogP contribution is -2.42. The molecule has 0 heterocycles. The van der Waals surface area contributed by atoms with E-state index in [9.17, 15) is 9.59 Å². The van der Waals surface area contributed by atoms with Gasteiger partial charge >= 0.3 is 0 Å². The number of carbonyl (C=O) groups is 2. The summed E-state index contributed by atoms with van der Waals surface area (Å²) in [6.07, 6.45) is 6.44. The van der Waals surface area contributed by atoms with Gasteiger partial charge in [0.25, 0.3) is 5.91 Å². The molecule has 0 bridgehead atoms. The maximum Gasteiger partial charge on any atom is 0.273 e. The first-order chi connectivity index (χ1) is 10.1. The van der Waals surface area contributed by atoms with E-state index in [1.54, 1.807) is 12.1 Å². The molecule has 1 aromatic rings. The summed E-state index contributed by atoms with van der Waals surface area (Å²) >= 11 is 5.86. The Morgan fingerprint density at radius 3 is 2.86 bits per heavy atom. The molecule has 0 aliphatic heterocycles. The Morgan fingerprint density at radius 1 is 1.38 bits per heavy atom. The van der Waals surface area contributed by atoms with Crippen molar-refractivity contribution in [2.24, 2.45) is 5.92 Å². The average Bonchev–Trinajstić information content (AvgIpc) is 2.97. The molecule has 1 aliphatic rings. The molecule has 0 radical (unpaired) electrons. The second-order valence-electron chi connectivity index (χ2n) is 4.82. The fourth-order valence-electron chi connectivity index (χ4n) is 2.21. The molecule has 1 aliphatic carbocycles. The fraction of sp³-hybridized carbons (Fsp3) is 0.333. The molecule has 112 valence electrons. The standard InChI is InChI=1S/C15H17ClN2O3/c1-21-13-7-6-11(16)9-12(13)15(20)18-17-14(19)8-10-4-2-3-5-10/h2,4,6-7,9-10H,3,5,8H2,1H3,(H,17,19)(H,18,20)/t10-/m0/s1. The van der Waals surface area contributed by atoms with Gasteiger partial charge in [-0.1, -0.05) is 23.8 Å². The Hall–Kier alpha value is -2.01. The van der Waals surface area contributed by atoms with Crippen molar-refractivity contribution in [3.05, 3.63) is 40.9 Å². The van der Waals surface area contributed by atoms with E-state index in [2.05, 4.69) is 16.9 Å². The highest BCUT2D eigenvalue weighted by molar-refractivity contribution is 6.31. The van der Waals surface area contributed by atoms with Gasteiger partial charge in [-0.25, -0.2) is 0 Å². The van der Waals surface area contributed by atoms with E-state index in [4.69, 9.17) is 16.3 Å². The van der Waals surface area contributed by atoms with E-state index in [-0.39, 0.29) is 17.4 Å². The van der Waals surface area contributed by atoms with Crippen molar-refractivity contribution in [2.75, 3.05) is 7.11 Å². The summed E-state index contributed by atoms with van der Waals surface area (Å²) in [5, 5.41) is 0.420. The number of halogens is 1. The highest BCUT2D eigenvalue weighted by Gasteiger charge is 2.16. The molecule has 0 unspecified atom stereocenters. The monoisotopic (exact) mass is 308 g/mol. The predicted octanol–water partition coefficient (Wildman–Crippen LogP) is 2.47. The van der Waals surface area contributed by atoms with Gasteiger partial charge < -0.3 is 4.74 Å². The third kappa shape index (κ3) is 4.23. The first-order valence-electron chi connectivity index (χ1n) is 6.69. The summed E-state index contributed by atoms with van der Waals surface area (Å²) in [6, 6.07) is 4.71. The van der Waals surface area contributed by atoms with Crippen LogP contribution in [0.4, 0.5) is 0 Å². The van der Waals surface area contributed by atoms with Gasteiger partial charge in [-0.15, -0.1) is 0 Å². The summed E-state index contributed by atoms with van der Waals surface area (Å²) in [6.45, 7) is 0. The lowest BCUT2D eigenvalue weighted by molar-refractivity contribution is -0.122. The summed E-state index contributed by atoms with van der Waals surface area (Å²) < 4.78 is 5.09. The topological polar surface area (TPSA) is 67.4 Å². The third-order valence-corrected chi connectivity index (χ3v) is 3.52. The third-order valence-electron chi connectivity index (χ3n) is 3.28. The zero-order chi connectivity index (χ0) is 15.2. The number of carbonyl (C=O) groups excluding carboxylic acids is 2. The quantitative estimate of drug-likeness (QED) is 0.663. The Kier molecular flexibility index (Phi) is 5.22. The van der Waals surface area contributed by atoms with E-state index in [1.165, 1.54) is 13.2 Å². The Labute approximate surface area is 128 Å². The Balaban J connectivity index is 1.90. The molecule has 1 aromatic carbocycles. The molecule has 0 fully saturated rings. The number of hydrogen-bond donors (Lipinski definition) is 2. The summed E-state index contributed by atoms with van der Waals surface area (Å²) in [5.41, 5.74) is 5.05. The van der Waals surface area contributed by atoms with E-state index in [1.807, 2.05) is 6.08 Å². The lowest BCUT2D eigenvalue weighted by atomic mass is 10.1. The first kappa shape index (κ1) is 15.4. The Bertz CT molecular complexity index is 572. The molecule has 0 saturated carbocycles. The number of benzene rings is 1.